The first-order valence-electron chi connectivity index (χ1n) is 7.82. The number of methoxy groups -OCH3 is 1. The highest BCUT2D eigenvalue weighted by Gasteiger charge is 2.12. The van der Waals surface area contributed by atoms with Gasteiger partial charge in [0.05, 0.1) is 12.7 Å². The summed E-state index contributed by atoms with van der Waals surface area (Å²) in [5, 5.41) is 0.702. The molecule has 3 aromatic rings. The van der Waals surface area contributed by atoms with Gasteiger partial charge in [0.1, 0.15) is 17.9 Å². The third-order valence-electron chi connectivity index (χ3n) is 3.85. The van der Waals surface area contributed by atoms with Crippen molar-refractivity contribution in [2.45, 2.75) is 20.5 Å². The van der Waals surface area contributed by atoms with E-state index in [0.29, 0.717) is 27.8 Å². The van der Waals surface area contributed by atoms with Crippen molar-refractivity contribution in [3.63, 3.8) is 0 Å². The van der Waals surface area contributed by atoms with E-state index in [0.717, 1.165) is 11.1 Å². The molecule has 5 nitrogen and oxygen atoms in total. The molecule has 0 saturated carbocycles. The summed E-state index contributed by atoms with van der Waals surface area (Å²) < 4.78 is 15.7. The van der Waals surface area contributed by atoms with Gasteiger partial charge in [0.2, 0.25) is 0 Å². The average Bonchev–Trinajstić information content (AvgIpc) is 2.57. The zero-order chi connectivity index (χ0) is 18.0. The van der Waals surface area contributed by atoms with Crippen LogP contribution in [0, 0.1) is 13.8 Å². The third-order valence-corrected chi connectivity index (χ3v) is 3.85. The summed E-state index contributed by atoms with van der Waals surface area (Å²) in [5.41, 5.74) is 2.95. The highest BCUT2D eigenvalue weighted by atomic mass is 16.5. The van der Waals surface area contributed by atoms with Crippen LogP contribution < -0.4 is 10.4 Å². The molecule has 0 atom stereocenters. The Morgan fingerprint density at radius 2 is 1.76 bits per heavy atom. The minimum absolute atomic E-state index is 0.0136. The molecule has 0 aliphatic rings. The Bertz CT molecular complexity index is 980. The van der Waals surface area contributed by atoms with E-state index >= 15 is 0 Å². The lowest BCUT2D eigenvalue weighted by Gasteiger charge is -2.09. The summed E-state index contributed by atoms with van der Waals surface area (Å²) in [5.74, 6) is 0.154. The van der Waals surface area contributed by atoms with E-state index in [-0.39, 0.29) is 6.61 Å². The van der Waals surface area contributed by atoms with E-state index < -0.39 is 11.6 Å². The van der Waals surface area contributed by atoms with Crippen molar-refractivity contribution in [2.24, 2.45) is 0 Å². The van der Waals surface area contributed by atoms with Crippen molar-refractivity contribution >= 4 is 16.9 Å². The number of ether oxygens (including phenoxy) is 2. The van der Waals surface area contributed by atoms with Crippen molar-refractivity contribution in [1.82, 2.24) is 0 Å². The number of fused-ring (bicyclic) bond motifs is 1. The molecule has 0 amide bonds. The van der Waals surface area contributed by atoms with Crippen molar-refractivity contribution in [2.75, 3.05) is 7.11 Å². The molecule has 0 aliphatic heterocycles. The Morgan fingerprint density at radius 3 is 2.44 bits per heavy atom. The highest BCUT2D eigenvalue weighted by Crippen LogP contribution is 2.23. The first-order chi connectivity index (χ1) is 12.0. The second-order valence-electron chi connectivity index (χ2n) is 5.91. The Labute approximate surface area is 144 Å². The molecular weight excluding hydrogens is 320 g/mol. The van der Waals surface area contributed by atoms with Gasteiger partial charge in [0.15, 0.2) is 0 Å². The van der Waals surface area contributed by atoms with Gasteiger partial charge in [-0.05, 0) is 38.1 Å². The van der Waals surface area contributed by atoms with Gasteiger partial charge in [-0.1, -0.05) is 17.2 Å². The minimum Gasteiger partial charge on any atom is -0.497 e. The Morgan fingerprint density at radius 1 is 1.04 bits per heavy atom. The van der Waals surface area contributed by atoms with Gasteiger partial charge < -0.3 is 13.9 Å². The lowest BCUT2D eigenvalue weighted by atomic mass is 10.1. The standard InChI is InChI=1S/C20H18O5/c1-12-6-13(2)8-14(7-12)20(22)24-11-15-9-19(21)25-18-10-16(23-3)4-5-17(15)18/h4-10H,11H2,1-3H3. The normalized spacial score (nSPS) is 10.7. The third kappa shape index (κ3) is 3.71. The van der Waals surface area contributed by atoms with Gasteiger partial charge in [-0.15, -0.1) is 0 Å². The van der Waals surface area contributed by atoms with Gasteiger partial charge in [-0.3, -0.25) is 0 Å². The summed E-state index contributed by atoms with van der Waals surface area (Å²) in [7, 11) is 1.54. The number of aryl methyl sites for hydroxylation is 2. The molecule has 3 rings (SSSR count). The molecule has 0 saturated heterocycles. The molecule has 0 N–H and O–H groups in total. The van der Waals surface area contributed by atoms with E-state index in [1.54, 1.807) is 30.3 Å². The van der Waals surface area contributed by atoms with Gasteiger partial charge in [-0.25, -0.2) is 9.59 Å². The maximum atomic E-state index is 12.3. The predicted octanol–water partition coefficient (Wildman–Crippen LogP) is 3.78. The molecule has 0 radical (unpaired) electrons. The Balaban J connectivity index is 1.87. The molecule has 0 bridgehead atoms. The zero-order valence-electron chi connectivity index (χ0n) is 14.3. The van der Waals surface area contributed by atoms with Crippen LogP contribution in [0.25, 0.3) is 11.0 Å². The first-order valence-corrected chi connectivity index (χ1v) is 7.82. The summed E-state index contributed by atoms with van der Waals surface area (Å²) in [6.07, 6.45) is 0. The van der Waals surface area contributed by atoms with E-state index in [4.69, 9.17) is 13.9 Å². The fraction of sp³-hybridized carbons (Fsp3) is 0.200. The summed E-state index contributed by atoms with van der Waals surface area (Å²) in [6.45, 7) is 3.83. The summed E-state index contributed by atoms with van der Waals surface area (Å²) in [4.78, 5) is 24.1. The average molecular weight is 338 g/mol. The number of carbonyl (C=O) groups excluding carboxylic acids is 1. The van der Waals surface area contributed by atoms with Crippen LogP contribution in [0.15, 0.2) is 51.7 Å². The van der Waals surface area contributed by atoms with Gasteiger partial charge in [-0.2, -0.15) is 0 Å². The van der Waals surface area contributed by atoms with Crippen molar-refractivity contribution in [3.05, 3.63) is 75.1 Å². The molecular formula is C20H18O5. The van der Waals surface area contributed by atoms with E-state index in [1.165, 1.54) is 13.2 Å². The van der Waals surface area contributed by atoms with Crippen LogP contribution >= 0.6 is 0 Å². The topological polar surface area (TPSA) is 65.7 Å². The molecule has 0 spiro atoms. The highest BCUT2D eigenvalue weighted by molar-refractivity contribution is 5.90. The lowest BCUT2D eigenvalue weighted by molar-refractivity contribution is 0.0473. The maximum Gasteiger partial charge on any atom is 0.338 e. The SMILES string of the molecule is COc1ccc2c(COC(=O)c3cc(C)cc(C)c3)cc(=O)oc2c1. The number of carbonyl (C=O) groups is 1. The fourth-order valence-corrected chi connectivity index (χ4v) is 2.78. The van der Waals surface area contributed by atoms with Crippen LogP contribution in [0.1, 0.15) is 27.0 Å². The molecule has 1 heterocycles. The van der Waals surface area contributed by atoms with Crippen LogP contribution in [0.3, 0.4) is 0 Å². The van der Waals surface area contributed by atoms with Gasteiger partial charge in [0, 0.05) is 23.1 Å². The molecule has 0 fully saturated rings. The zero-order valence-corrected chi connectivity index (χ0v) is 14.3. The van der Waals surface area contributed by atoms with Crippen LogP contribution in [-0.2, 0) is 11.3 Å². The van der Waals surface area contributed by atoms with Crippen molar-refractivity contribution < 1.29 is 18.7 Å². The van der Waals surface area contributed by atoms with E-state index in [2.05, 4.69) is 0 Å². The van der Waals surface area contributed by atoms with Crippen LogP contribution in [0.2, 0.25) is 0 Å². The lowest BCUT2D eigenvalue weighted by Crippen LogP contribution is -2.08. The van der Waals surface area contributed by atoms with Crippen molar-refractivity contribution in [1.29, 1.82) is 0 Å². The van der Waals surface area contributed by atoms with Gasteiger partial charge >= 0.3 is 11.6 Å². The Kier molecular flexibility index (Phi) is 4.57. The number of rotatable bonds is 4. The monoisotopic (exact) mass is 338 g/mol. The molecule has 128 valence electrons. The number of hydrogen-bond donors (Lipinski definition) is 0. The second-order valence-corrected chi connectivity index (χ2v) is 5.91. The number of esters is 1. The number of hydrogen-bond acceptors (Lipinski definition) is 5. The van der Waals surface area contributed by atoms with E-state index in [9.17, 15) is 9.59 Å². The van der Waals surface area contributed by atoms with Crippen LogP contribution in [-0.4, -0.2) is 13.1 Å². The molecule has 0 aliphatic carbocycles. The predicted molar refractivity (Wildman–Crippen MR) is 94.1 cm³/mol. The largest absolute Gasteiger partial charge is 0.497 e. The maximum absolute atomic E-state index is 12.3. The summed E-state index contributed by atoms with van der Waals surface area (Å²) in [6, 6.07) is 12.0. The van der Waals surface area contributed by atoms with Crippen molar-refractivity contribution in [3.8, 4) is 5.75 Å². The smallest absolute Gasteiger partial charge is 0.338 e. The fourth-order valence-electron chi connectivity index (χ4n) is 2.78. The summed E-state index contributed by atoms with van der Waals surface area (Å²) >= 11 is 0. The number of benzene rings is 2. The van der Waals surface area contributed by atoms with E-state index in [1.807, 2.05) is 19.9 Å². The molecule has 2 aromatic carbocycles. The quantitative estimate of drug-likeness (QED) is 0.535. The molecule has 25 heavy (non-hydrogen) atoms. The van der Waals surface area contributed by atoms with Gasteiger partial charge in [0.25, 0.3) is 0 Å². The van der Waals surface area contributed by atoms with Crippen LogP contribution in [0.4, 0.5) is 0 Å². The molecule has 0 unspecified atom stereocenters. The first kappa shape index (κ1) is 16.8. The van der Waals surface area contributed by atoms with Crippen LogP contribution in [0.5, 0.6) is 5.75 Å². The Hall–Kier alpha value is -3.08. The molecule has 1 aromatic heterocycles. The minimum atomic E-state index is -0.502. The molecule has 5 heteroatoms. The second kappa shape index (κ2) is 6.81.